The number of benzene rings is 2. The van der Waals surface area contributed by atoms with Crippen LogP contribution in [0.15, 0.2) is 66.4 Å². The summed E-state index contributed by atoms with van der Waals surface area (Å²) < 4.78 is 9.25. The van der Waals surface area contributed by atoms with Gasteiger partial charge in [-0.3, -0.25) is 4.79 Å². The van der Waals surface area contributed by atoms with Gasteiger partial charge in [0.05, 0.1) is 16.6 Å². The molecule has 0 aliphatic carbocycles. The van der Waals surface area contributed by atoms with Crippen molar-refractivity contribution in [1.29, 1.82) is 0 Å². The fraction of sp³-hybridized carbons (Fsp3) is 0.222. The maximum absolute atomic E-state index is 12.3. The number of rotatable bonds is 8. The van der Waals surface area contributed by atoms with E-state index in [2.05, 4.69) is 37.4 Å². The first-order valence-corrected chi connectivity index (χ1v) is 13.4. The maximum atomic E-state index is 12.3. The lowest BCUT2D eigenvalue weighted by Gasteiger charge is -2.14. The molecule has 1 aliphatic rings. The quantitative estimate of drug-likeness (QED) is 0.237. The highest BCUT2D eigenvalue weighted by molar-refractivity contribution is 7.17. The predicted molar refractivity (Wildman–Crippen MR) is 148 cm³/mol. The number of carbonyl (C=O) groups is 1. The van der Waals surface area contributed by atoms with Crippen LogP contribution in [-0.4, -0.2) is 39.6 Å². The molecule has 3 N–H and O–H groups in total. The van der Waals surface area contributed by atoms with Crippen LogP contribution in [0.4, 0.5) is 11.5 Å². The Labute approximate surface area is 222 Å². The Hall–Kier alpha value is -3.66. The average molecular weight is 533 g/mol. The number of fused-ring (bicyclic) bond motifs is 2. The van der Waals surface area contributed by atoms with Crippen molar-refractivity contribution in [2.75, 3.05) is 18.4 Å². The van der Waals surface area contributed by atoms with E-state index in [9.17, 15) is 4.79 Å². The van der Waals surface area contributed by atoms with Gasteiger partial charge in [0.15, 0.2) is 5.82 Å². The fourth-order valence-electron chi connectivity index (χ4n) is 4.57. The number of amides is 1. The molecule has 3 aromatic heterocycles. The zero-order valence-corrected chi connectivity index (χ0v) is 21.5. The zero-order chi connectivity index (χ0) is 25.2. The molecule has 1 saturated heterocycles. The van der Waals surface area contributed by atoms with Crippen LogP contribution in [-0.2, 0) is 11.3 Å². The normalized spacial score (nSPS) is 15.3. The van der Waals surface area contributed by atoms with Crippen molar-refractivity contribution in [3.8, 4) is 11.5 Å². The molecule has 1 fully saturated rings. The van der Waals surface area contributed by atoms with E-state index in [4.69, 9.17) is 16.3 Å². The Morgan fingerprint density at radius 1 is 1.19 bits per heavy atom. The third-order valence-corrected chi connectivity index (χ3v) is 7.60. The lowest BCUT2D eigenvalue weighted by atomic mass is 10.2. The van der Waals surface area contributed by atoms with E-state index in [1.165, 1.54) is 11.7 Å². The molecule has 0 spiro atoms. The first-order chi connectivity index (χ1) is 18.1. The Morgan fingerprint density at radius 3 is 3.00 bits per heavy atom. The van der Waals surface area contributed by atoms with Gasteiger partial charge in [0.2, 0.25) is 5.91 Å². The second kappa shape index (κ2) is 10.4. The molecular weight excluding hydrogens is 508 g/mol. The molecule has 37 heavy (non-hydrogen) atoms. The first kappa shape index (κ1) is 23.7. The summed E-state index contributed by atoms with van der Waals surface area (Å²) in [7, 11) is 0. The zero-order valence-electron chi connectivity index (χ0n) is 19.9. The van der Waals surface area contributed by atoms with Crippen molar-refractivity contribution in [3.05, 3.63) is 71.5 Å². The third kappa shape index (κ3) is 5.11. The maximum Gasteiger partial charge on any atom is 0.237 e. The number of anilines is 2. The van der Waals surface area contributed by atoms with Crippen molar-refractivity contribution in [3.63, 3.8) is 0 Å². The van der Waals surface area contributed by atoms with Gasteiger partial charge in [0.25, 0.3) is 0 Å². The molecule has 10 heteroatoms. The van der Waals surface area contributed by atoms with Gasteiger partial charge in [-0.25, -0.2) is 9.97 Å². The van der Waals surface area contributed by atoms with E-state index in [0.29, 0.717) is 29.7 Å². The second-order valence-electron chi connectivity index (χ2n) is 8.90. The minimum absolute atomic E-state index is 0.0517. The average Bonchev–Trinajstić information content (AvgIpc) is 3.67. The Bertz CT molecular complexity index is 1580. The first-order valence-electron chi connectivity index (χ1n) is 12.2. The van der Waals surface area contributed by atoms with Gasteiger partial charge in [0.1, 0.15) is 23.3 Å². The number of ether oxygens (including phenoxy) is 1. The number of nitrogens with zero attached hydrogens (tertiary/aromatic N) is 3. The van der Waals surface area contributed by atoms with Crippen molar-refractivity contribution in [2.24, 2.45) is 0 Å². The van der Waals surface area contributed by atoms with Gasteiger partial charge in [-0.05, 0) is 78.7 Å². The summed E-state index contributed by atoms with van der Waals surface area (Å²) in [4.78, 5) is 21.2. The summed E-state index contributed by atoms with van der Waals surface area (Å²) in [5, 5.41) is 13.4. The Morgan fingerprint density at radius 2 is 2.14 bits per heavy atom. The fourth-order valence-corrected chi connectivity index (χ4v) is 5.60. The molecule has 6 rings (SSSR count). The highest BCUT2D eigenvalue weighted by atomic mass is 35.5. The van der Waals surface area contributed by atoms with Crippen LogP contribution in [0.1, 0.15) is 12.8 Å². The number of aromatic nitrogens is 3. The van der Waals surface area contributed by atoms with Crippen LogP contribution < -0.4 is 20.7 Å². The molecule has 4 heterocycles. The number of carbonyl (C=O) groups excluding carboxylic acids is 1. The lowest BCUT2D eigenvalue weighted by Crippen LogP contribution is -2.41. The number of halogens is 1. The van der Waals surface area contributed by atoms with Gasteiger partial charge >= 0.3 is 0 Å². The number of hydrogen-bond acceptors (Lipinski definition) is 7. The van der Waals surface area contributed by atoms with Crippen LogP contribution in [0, 0.1) is 0 Å². The summed E-state index contributed by atoms with van der Waals surface area (Å²) in [5.74, 6) is 2.03. The summed E-state index contributed by atoms with van der Waals surface area (Å²) in [6.45, 7) is 2.02. The lowest BCUT2D eigenvalue weighted by molar-refractivity contribution is -0.122. The van der Waals surface area contributed by atoms with Crippen molar-refractivity contribution < 1.29 is 9.53 Å². The minimum atomic E-state index is -0.0859. The largest absolute Gasteiger partial charge is 0.456 e. The minimum Gasteiger partial charge on any atom is -0.456 e. The van der Waals surface area contributed by atoms with Gasteiger partial charge < -0.3 is 25.3 Å². The Balaban J connectivity index is 1.16. The van der Waals surface area contributed by atoms with E-state index >= 15 is 0 Å². The van der Waals surface area contributed by atoms with Crippen molar-refractivity contribution in [2.45, 2.75) is 25.4 Å². The van der Waals surface area contributed by atoms with Crippen molar-refractivity contribution >= 4 is 61.5 Å². The molecular formula is C27H25ClN6O2S. The topological polar surface area (TPSA) is 93.1 Å². The summed E-state index contributed by atoms with van der Waals surface area (Å²) in [6, 6.07) is 15.5. The standard InChI is InChI=1S/C27H25ClN6O2S/c28-20-14-18(4-6-23(20)36-19-5-3-17-8-13-37-24(17)15-19)33-26-25-21(31-16-32-26)7-11-34(25)12-10-30-27(35)22-2-1-9-29-22/h3-8,11,13-16,22,29H,1-2,9-10,12H2,(H,30,35)(H,31,32,33). The molecule has 0 radical (unpaired) electrons. The molecule has 1 unspecified atom stereocenters. The molecule has 1 amide bonds. The summed E-state index contributed by atoms with van der Waals surface area (Å²) in [6.07, 6.45) is 5.41. The SMILES string of the molecule is O=C(NCCn1ccc2ncnc(Nc3ccc(Oc4ccc5ccsc5c4)c(Cl)c3)c21)C1CCCN1. The van der Waals surface area contributed by atoms with Crippen LogP contribution in [0.25, 0.3) is 21.1 Å². The Kier molecular flexibility index (Phi) is 6.65. The van der Waals surface area contributed by atoms with E-state index in [1.807, 2.05) is 53.2 Å². The molecule has 5 aromatic rings. The molecule has 188 valence electrons. The van der Waals surface area contributed by atoms with Gasteiger partial charge in [-0.15, -0.1) is 11.3 Å². The predicted octanol–water partition coefficient (Wildman–Crippen LogP) is 5.70. The number of thiophene rings is 1. The summed E-state index contributed by atoms with van der Waals surface area (Å²) >= 11 is 8.25. The highest BCUT2D eigenvalue weighted by Crippen LogP contribution is 2.35. The molecule has 0 bridgehead atoms. The van der Waals surface area contributed by atoms with Crippen LogP contribution in [0.3, 0.4) is 0 Å². The smallest absolute Gasteiger partial charge is 0.237 e. The van der Waals surface area contributed by atoms with Crippen LogP contribution in [0.5, 0.6) is 11.5 Å². The molecule has 1 aliphatic heterocycles. The van der Waals surface area contributed by atoms with Gasteiger partial charge in [-0.1, -0.05) is 11.6 Å². The second-order valence-corrected chi connectivity index (χ2v) is 10.3. The van der Waals surface area contributed by atoms with E-state index in [-0.39, 0.29) is 11.9 Å². The number of hydrogen-bond donors (Lipinski definition) is 3. The van der Waals surface area contributed by atoms with Gasteiger partial charge in [-0.2, -0.15) is 0 Å². The molecule has 0 saturated carbocycles. The molecule has 2 aromatic carbocycles. The van der Waals surface area contributed by atoms with Gasteiger partial charge in [0, 0.05) is 29.7 Å². The van der Waals surface area contributed by atoms with E-state index < -0.39 is 0 Å². The van der Waals surface area contributed by atoms with E-state index in [0.717, 1.165) is 46.6 Å². The highest BCUT2D eigenvalue weighted by Gasteiger charge is 2.21. The summed E-state index contributed by atoms with van der Waals surface area (Å²) in [5.41, 5.74) is 2.45. The van der Waals surface area contributed by atoms with Crippen LogP contribution >= 0.6 is 22.9 Å². The van der Waals surface area contributed by atoms with Crippen molar-refractivity contribution in [1.82, 2.24) is 25.2 Å². The molecule has 8 nitrogen and oxygen atoms in total. The van der Waals surface area contributed by atoms with Crippen LogP contribution in [0.2, 0.25) is 5.02 Å². The monoisotopic (exact) mass is 532 g/mol. The number of nitrogens with one attached hydrogen (secondary N) is 3. The third-order valence-electron chi connectivity index (χ3n) is 6.43. The molecule has 1 atom stereocenters. The van der Waals surface area contributed by atoms with E-state index in [1.54, 1.807) is 11.3 Å².